The normalized spacial score (nSPS) is 12.1. The Hall–Kier alpha value is -2.70. The van der Waals surface area contributed by atoms with Gasteiger partial charge in [0.05, 0.1) is 0 Å². The lowest BCUT2D eigenvalue weighted by Gasteiger charge is -2.36. The van der Waals surface area contributed by atoms with E-state index in [1.807, 2.05) is 0 Å². The van der Waals surface area contributed by atoms with Gasteiger partial charge in [-0.15, -0.1) is 0 Å². The zero-order valence-electron chi connectivity index (χ0n) is 20.9. The van der Waals surface area contributed by atoms with Gasteiger partial charge in [0.25, 0.3) is 5.56 Å². The highest BCUT2D eigenvalue weighted by atomic mass is 28.4. The molecule has 1 aromatic heterocycles. The molecule has 0 fully saturated rings. The minimum absolute atomic E-state index is 0.101. The quantitative estimate of drug-likeness (QED) is 0.316. The number of ether oxygens (including phenoxy) is 1. The van der Waals surface area contributed by atoms with Gasteiger partial charge >= 0.3 is 0 Å². The lowest BCUT2D eigenvalue weighted by molar-refractivity contribution is 0.292. The highest BCUT2D eigenvalue weighted by Gasteiger charge is 2.36. The van der Waals surface area contributed by atoms with E-state index in [4.69, 9.17) is 9.16 Å². The molecule has 0 spiro atoms. The Kier molecular flexibility index (Phi) is 8.50. The van der Waals surface area contributed by atoms with Crippen molar-refractivity contribution < 1.29 is 13.6 Å². The van der Waals surface area contributed by atoms with Gasteiger partial charge in [0.2, 0.25) is 0 Å². The van der Waals surface area contributed by atoms with Crippen molar-refractivity contribution in [1.29, 1.82) is 0 Å². The molecule has 0 amide bonds. The monoisotopic (exact) mass is 481 g/mol. The van der Waals surface area contributed by atoms with Crippen LogP contribution in [0.1, 0.15) is 37.5 Å². The third-order valence-corrected chi connectivity index (χ3v) is 11.1. The molecule has 0 unspecified atom stereocenters. The van der Waals surface area contributed by atoms with Gasteiger partial charge in [-0.2, -0.15) is 0 Å². The van der Waals surface area contributed by atoms with Crippen LogP contribution in [0.5, 0.6) is 5.75 Å². The van der Waals surface area contributed by atoms with Crippen molar-refractivity contribution in [2.24, 2.45) is 0 Å². The zero-order chi connectivity index (χ0) is 24.8. The Morgan fingerprint density at radius 3 is 2.06 bits per heavy atom. The van der Waals surface area contributed by atoms with Gasteiger partial charge in [-0.1, -0.05) is 57.2 Å². The molecule has 6 heteroatoms. The Morgan fingerprint density at radius 1 is 0.882 bits per heavy atom. The van der Waals surface area contributed by atoms with E-state index in [1.165, 1.54) is 29.3 Å². The second-order valence-electron chi connectivity index (χ2n) is 10.2. The average molecular weight is 482 g/mol. The number of aromatic nitrogens is 1. The van der Waals surface area contributed by atoms with E-state index in [0.29, 0.717) is 12.3 Å². The van der Waals surface area contributed by atoms with Crippen LogP contribution >= 0.6 is 0 Å². The first-order valence-electron chi connectivity index (χ1n) is 11.8. The van der Waals surface area contributed by atoms with Crippen LogP contribution < -0.4 is 10.3 Å². The number of rotatable bonds is 10. The second kappa shape index (κ2) is 11.1. The van der Waals surface area contributed by atoms with Crippen molar-refractivity contribution in [3.63, 3.8) is 0 Å². The fourth-order valence-electron chi connectivity index (χ4n) is 3.27. The maximum atomic E-state index is 13.0. The zero-order valence-corrected chi connectivity index (χ0v) is 21.9. The summed E-state index contributed by atoms with van der Waals surface area (Å²) in [6.07, 6.45) is 3.44. The summed E-state index contributed by atoms with van der Waals surface area (Å²) in [5.41, 5.74) is 3.21. The summed E-state index contributed by atoms with van der Waals surface area (Å²) in [5, 5.41) is 0.224. The van der Waals surface area contributed by atoms with Crippen LogP contribution in [0.3, 0.4) is 0 Å². The van der Waals surface area contributed by atoms with Gasteiger partial charge in [0.15, 0.2) is 8.32 Å². The van der Waals surface area contributed by atoms with Gasteiger partial charge < -0.3 is 13.7 Å². The molecule has 0 saturated heterocycles. The summed E-state index contributed by atoms with van der Waals surface area (Å²) in [7, 11) is -1.71. The van der Waals surface area contributed by atoms with Crippen molar-refractivity contribution in [3.8, 4) is 5.75 Å². The maximum absolute atomic E-state index is 13.0. The Labute approximate surface area is 203 Å². The van der Waals surface area contributed by atoms with E-state index in [1.54, 1.807) is 29.0 Å². The van der Waals surface area contributed by atoms with Crippen molar-refractivity contribution in [3.05, 3.63) is 99.7 Å². The highest BCUT2D eigenvalue weighted by Crippen LogP contribution is 2.36. The number of hydrogen-bond acceptors (Lipinski definition) is 3. The molecule has 0 atom stereocenters. The standard InChI is InChI=1S/C28H36FNO3Si/c1-28(2,3)34(4,5)33-19-16-23-8-6-22(7-9-23)14-17-30-18-15-26(20-27(30)31)32-21-24-10-12-25(29)13-11-24/h6-13,15,18,20H,14,16-17,19,21H2,1-5H3. The molecular formula is C28H36FNO3Si. The number of pyridine rings is 1. The minimum Gasteiger partial charge on any atom is -0.489 e. The minimum atomic E-state index is -1.71. The van der Waals surface area contributed by atoms with Crippen LogP contribution in [-0.2, 0) is 30.4 Å². The lowest BCUT2D eigenvalue weighted by atomic mass is 10.1. The molecule has 182 valence electrons. The van der Waals surface area contributed by atoms with Crippen LogP contribution in [0.15, 0.2) is 71.7 Å². The number of aryl methyl sites for hydroxylation is 2. The molecular weight excluding hydrogens is 445 g/mol. The van der Waals surface area contributed by atoms with Gasteiger partial charge in [-0.25, -0.2) is 4.39 Å². The van der Waals surface area contributed by atoms with Crippen molar-refractivity contribution in [1.82, 2.24) is 4.57 Å². The maximum Gasteiger partial charge on any atom is 0.254 e. The number of halogens is 1. The second-order valence-corrected chi connectivity index (χ2v) is 15.0. The summed E-state index contributed by atoms with van der Waals surface area (Å²) in [6.45, 7) is 13.0. The molecule has 3 rings (SSSR count). The number of nitrogens with zero attached hydrogens (tertiary/aromatic N) is 1. The molecule has 0 radical (unpaired) electrons. The topological polar surface area (TPSA) is 40.5 Å². The first-order valence-corrected chi connectivity index (χ1v) is 14.7. The van der Waals surface area contributed by atoms with Gasteiger partial charge in [-0.3, -0.25) is 4.79 Å². The van der Waals surface area contributed by atoms with Gasteiger partial charge in [-0.05, 0) is 65.9 Å². The number of benzene rings is 2. The van der Waals surface area contributed by atoms with E-state index in [0.717, 1.165) is 25.0 Å². The summed E-state index contributed by atoms with van der Waals surface area (Å²) >= 11 is 0. The third kappa shape index (κ3) is 7.40. The van der Waals surface area contributed by atoms with E-state index >= 15 is 0 Å². The summed E-state index contributed by atoms with van der Waals surface area (Å²) in [6, 6.07) is 18.0. The smallest absolute Gasteiger partial charge is 0.254 e. The average Bonchev–Trinajstić information content (AvgIpc) is 2.78. The van der Waals surface area contributed by atoms with Crippen LogP contribution in [0.2, 0.25) is 18.1 Å². The Balaban J connectivity index is 1.47. The molecule has 2 aromatic carbocycles. The SMILES string of the molecule is CC(C)(C)[Si](C)(C)OCCc1ccc(CCn2ccc(OCc3ccc(F)cc3)cc2=O)cc1. The predicted molar refractivity (Wildman–Crippen MR) is 138 cm³/mol. The fourth-order valence-corrected chi connectivity index (χ4v) is 4.32. The van der Waals surface area contributed by atoms with E-state index in [-0.39, 0.29) is 23.0 Å². The van der Waals surface area contributed by atoms with Gasteiger partial charge in [0, 0.05) is 25.4 Å². The van der Waals surface area contributed by atoms with Crippen LogP contribution in [0, 0.1) is 5.82 Å². The molecule has 0 N–H and O–H groups in total. The fraction of sp³-hybridized carbons (Fsp3) is 0.393. The Morgan fingerprint density at radius 2 is 1.47 bits per heavy atom. The molecule has 4 nitrogen and oxygen atoms in total. The molecule has 0 aliphatic rings. The summed E-state index contributed by atoms with van der Waals surface area (Å²) in [5.74, 6) is 0.228. The highest BCUT2D eigenvalue weighted by molar-refractivity contribution is 6.74. The first kappa shape index (κ1) is 25.9. The van der Waals surface area contributed by atoms with E-state index in [9.17, 15) is 9.18 Å². The van der Waals surface area contributed by atoms with E-state index in [2.05, 4.69) is 58.1 Å². The number of hydrogen-bond donors (Lipinski definition) is 0. The molecule has 0 aliphatic carbocycles. The Bertz CT molecular complexity index is 1120. The largest absolute Gasteiger partial charge is 0.489 e. The summed E-state index contributed by atoms with van der Waals surface area (Å²) in [4.78, 5) is 12.5. The molecule has 34 heavy (non-hydrogen) atoms. The first-order chi connectivity index (χ1) is 16.0. The van der Waals surface area contributed by atoms with Crippen molar-refractivity contribution >= 4 is 8.32 Å². The van der Waals surface area contributed by atoms with Gasteiger partial charge in [0.1, 0.15) is 18.2 Å². The third-order valence-electron chi connectivity index (χ3n) is 6.61. The molecule has 1 heterocycles. The van der Waals surface area contributed by atoms with Crippen LogP contribution in [-0.4, -0.2) is 19.5 Å². The van der Waals surface area contributed by atoms with Crippen LogP contribution in [0.25, 0.3) is 0 Å². The molecule has 0 aliphatic heterocycles. The molecule has 0 saturated carbocycles. The van der Waals surface area contributed by atoms with Crippen LogP contribution in [0.4, 0.5) is 4.39 Å². The van der Waals surface area contributed by atoms with E-state index < -0.39 is 8.32 Å². The predicted octanol–water partition coefficient (Wildman–Crippen LogP) is 6.37. The summed E-state index contributed by atoms with van der Waals surface area (Å²) < 4.78 is 26.6. The molecule has 0 bridgehead atoms. The lowest BCUT2D eigenvalue weighted by Crippen LogP contribution is -2.41. The van der Waals surface area contributed by atoms with Crippen molar-refractivity contribution in [2.75, 3.05) is 6.61 Å². The molecule has 3 aromatic rings. The van der Waals surface area contributed by atoms with Crippen molar-refractivity contribution in [2.45, 2.75) is 64.9 Å².